The van der Waals surface area contributed by atoms with Crippen LogP contribution in [0.2, 0.25) is 0 Å². The number of rotatable bonds is 7. The molecule has 138 valence electrons. The van der Waals surface area contributed by atoms with Crippen LogP contribution >= 0.6 is 0 Å². The van der Waals surface area contributed by atoms with Crippen molar-refractivity contribution in [1.82, 2.24) is 0 Å². The van der Waals surface area contributed by atoms with Crippen molar-refractivity contribution in [2.75, 3.05) is 26.6 Å². The second-order valence-electron chi connectivity index (χ2n) is 5.81. The van der Waals surface area contributed by atoms with Crippen LogP contribution in [0.1, 0.15) is 35.2 Å². The predicted molar refractivity (Wildman–Crippen MR) is 99.0 cm³/mol. The fourth-order valence-corrected chi connectivity index (χ4v) is 2.64. The SMILES string of the molecule is COC(=O)c1cc(OC)c(OC)cc1NC(=O)C[C@@H](C)c1ccccc1. The first-order valence-corrected chi connectivity index (χ1v) is 8.19. The van der Waals surface area contributed by atoms with Crippen molar-refractivity contribution in [3.05, 3.63) is 53.6 Å². The predicted octanol–water partition coefficient (Wildman–Crippen LogP) is 3.62. The summed E-state index contributed by atoms with van der Waals surface area (Å²) in [5, 5.41) is 2.78. The van der Waals surface area contributed by atoms with Crippen LogP contribution in [0.4, 0.5) is 5.69 Å². The molecule has 6 heteroatoms. The maximum absolute atomic E-state index is 12.5. The molecule has 0 heterocycles. The highest BCUT2D eigenvalue weighted by molar-refractivity contribution is 6.02. The van der Waals surface area contributed by atoms with Crippen LogP contribution in [-0.2, 0) is 9.53 Å². The van der Waals surface area contributed by atoms with E-state index in [0.29, 0.717) is 17.2 Å². The molecule has 1 amide bonds. The Morgan fingerprint density at radius 3 is 2.19 bits per heavy atom. The Morgan fingerprint density at radius 2 is 1.62 bits per heavy atom. The summed E-state index contributed by atoms with van der Waals surface area (Å²) in [6, 6.07) is 12.8. The molecule has 0 bridgehead atoms. The van der Waals surface area contributed by atoms with E-state index in [4.69, 9.17) is 14.2 Å². The van der Waals surface area contributed by atoms with Gasteiger partial charge in [0.05, 0.1) is 32.6 Å². The zero-order chi connectivity index (χ0) is 19.1. The molecule has 0 aliphatic heterocycles. The summed E-state index contributed by atoms with van der Waals surface area (Å²) in [6.07, 6.45) is 0.277. The summed E-state index contributed by atoms with van der Waals surface area (Å²) in [4.78, 5) is 24.5. The third kappa shape index (κ3) is 4.53. The van der Waals surface area contributed by atoms with Gasteiger partial charge in [-0.05, 0) is 11.5 Å². The van der Waals surface area contributed by atoms with Crippen LogP contribution < -0.4 is 14.8 Å². The molecule has 0 unspecified atom stereocenters. The number of amides is 1. The van der Waals surface area contributed by atoms with E-state index < -0.39 is 5.97 Å². The number of hydrogen-bond acceptors (Lipinski definition) is 5. The van der Waals surface area contributed by atoms with Crippen molar-refractivity contribution in [2.45, 2.75) is 19.3 Å². The molecule has 2 aromatic rings. The lowest BCUT2D eigenvalue weighted by Crippen LogP contribution is -2.17. The molecule has 0 aromatic heterocycles. The van der Waals surface area contributed by atoms with Crippen molar-refractivity contribution in [2.24, 2.45) is 0 Å². The largest absolute Gasteiger partial charge is 0.493 e. The van der Waals surface area contributed by atoms with Gasteiger partial charge in [-0.1, -0.05) is 37.3 Å². The summed E-state index contributed by atoms with van der Waals surface area (Å²) < 4.78 is 15.3. The number of carbonyl (C=O) groups excluding carboxylic acids is 2. The van der Waals surface area contributed by atoms with Gasteiger partial charge in [0.25, 0.3) is 0 Å². The number of ether oxygens (including phenoxy) is 3. The van der Waals surface area contributed by atoms with E-state index in [-0.39, 0.29) is 23.8 Å². The number of esters is 1. The maximum atomic E-state index is 12.5. The third-order valence-electron chi connectivity index (χ3n) is 4.06. The molecule has 0 fully saturated rings. The number of anilines is 1. The normalized spacial score (nSPS) is 11.4. The van der Waals surface area contributed by atoms with E-state index in [1.807, 2.05) is 37.3 Å². The van der Waals surface area contributed by atoms with Crippen molar-refractivity contribution in [3.8, 4) is 11.5 Å². The number of carbonyl (C=O) groups is 2. The van der Waals surface area contributed by atoms with Crippen molar-refractivity contribution < 1.29 is 23.8 Å². The van der Waals surface area contributed by atoms with Crippen LogP contribution in [0.15, 0.2) is 42.5 Å². The van der Waals surface area contributed by atoms with Crippen LogP contribution in [0.25, 0.3) is 0 Å². The molecule has 2 aromatic carbocycles. The molecule has 0 saturated carbocycles. The minimum absolute atomic E-state index is 0.0397. The van der Waals surface area contributed by atoms with Crippen LogP contribution in [0.3, 0.4) is 0 Å². The highest BCUT2D eigenvalue weighted by Gasteiger charge is 2.20. The molecule has 26 heavy (non-hydrogen) atoms. The summed E-state index contributed by atoms with van der Waals surface area (Å²) in [5.41, 5.74) is 1.59. The quantitative estimate of drug-likeness (QED) is 0.766. The van der Waals surface area contributed by atoms with Crippen LogP contribution in [-0.4, -0.2) is 33.2 Å². The highest BCUT2D eigenvalue weighted by atomic mass is 16.5. The van der Waals surface area contributed by atoms with E-state index in [1.54, 1.807) is 6.07 Å². The summed E-state index contributed by atoms with van der Waals surface area (Å²) >= 11 is 0. The smallest absolute Gasteiger partial charge is 0.340 e. The van der Waals surface area contributed by atoms with Gasteiger partial charge >= 0.3 is 5.97 Å². The Balaban J connectivity index is 2.23. The minimum Gasteiger partial charge on any atom is -0.493 e. The lowest BCUT2D eigenvalue weighted by molar-refractivity contribution is -0.116. The molecule has 6 nitrogen and oxygen atoms in total. The zero-order valence-electron chi connectivity index (χ0n) is 15.4. The number of hydrogen-bond donors (Lipinski definition) is 1. The van der Waals surface area contributed by atoms with Gasteiger partial charge in [0, 0.05) is 18.6 Å². The Morgan fingerprint density at radius 1 is 1.00 bits per heavy atom. The lowest BCUT2D eigenvalue weighted by atomic mass is 9.97. The average Bonchev–Trinajstić information content (AvgIpc) is 2.67. The van der Waals surface area contributed by atoms with Gasteiger partial charge in [0.2, 0.25) is 5.91 Å². The topological polar surface area (TPSA) is 73.9 Å². The van der Waals surface area contributed by atoms with Gasteiger partial charge < -0.3 is 19.5 Å². The molecule has 0 aliphatic carbocycles. The van der Waals surface area contributed by atoms with E-state index in [2.05, 4.69) is 5.32 Å². The summed E-state index contributed by atoms with van der Waals surface area (Å²) in [6.45, 7) is 1.98. The van der Waals surface area contributed by atoms with Gasteiger partial charge in [0.15, 0.2) is 11.5 Å². The van der Waals surface area contributed by atoms with Gasteiger partial charge in [-0.15, -0.1) is 0 Å². The minimum atomic E-state index is -0.572. The maximum Gasteiger partial charge on any atom is 0.340 e. The van der Waals surface area contributed by atoms with E-state index >= 15 is 0 Å². The second-order valence-corrected chi connectivity index (χ2v) is 5.81. The fourth-order valence-electron chi connectivity index (χ4n) is 2.64. The molecule has 1 atom stereocenters. The lowest BCUT2D eigenvalue weighted by Gasteiger charge is -2.16. The first-order chi connectivity index (χ1) is 12.5. The zero-order valence-corrected chi connectivity index (χ0v) is 15.4. The Labute approximate surface area is 153 Å². The van der Waals surface area contributed by atoms with E-state index in [0.717, 1.165) is 5.56 Å². The van der Waals surface area contributed by atoms with E-state index in [1.165, 1.54) is 27.4 Å². The van der Waals surface area contributed by atoms with Crippen molar-refractivity contribution >= 4 is 17.6 Å². The number of methoxy groups -OCH3 is 3. The number of nitrogens with one attached hydrogen (secondary N) is 1. The molecular weight excluding hydrogens is 334 g/mol. The second kappa shape index (κ2) is 8.89. The summed E-state index contributed by atoms with van der Waals surface area (Å²) in [5.74, 6) is 0.0455. The first kappa shape index (κ1) is 19.3. The van der Waals surface area contributed by atoms with Crippen LogP contribution in [0, 0.1) is 0 Å². The molecule has 1 N–H and O–H groups in total. The average molecular weight is 357 g/mol. The molecule has 0 radical (unpaired) electrons. The highest BCUT2D eigenvalue weighted by Crippen LogP contribution is 2.34. The number of benzene rings is 2. The van der Waals surface area contributed by atoms with Gasteiger partial charge in [-0.25, -0.2) is 4.79 Å². The van der Waals surface area contributed by atoms with E-state index in [9.17, 15) is 9.59 Å². The monoisotopic (exact) mass is 357 g/mol. The Bertz CT molecular complexity index is 773. The molecular formula is C20H23NO5. The Hall–Kier alpha value is -3.02. The molecule has 0 saturated heterocycles. The van der Waals surface area contributed by atoms with Crippen molar-refractivity contribution in [3.63, 3.8) is 0 Å². The van der Waals surface area contributed by atoms with Gasteiger partial charge in [-0.3, -0.25) is 4.79 Å². The molecule has 0 aliphatic rings. The molecule has 2 rings (SSSR count). The molecule has 0 spiro atoms. The first-order valence-electron chi connectivity index (χ1n) is 8.19. The van der Waals surface area contributed by atoms with Gasteiger partial charge in [-0.2, -0.15) is 0 Å². The third-order valence-corrected chi connectivity index (χ3v) is 4.06. The fraction of sp³-hybridized carbons (Fsp3) is 0.300. The summed E-state index contributed by atoms with van der Waals surface area (Å²) in [7, 11) is 4.24. The van der Waals surface area contributed by atoms with Crippen molar-refractivity contribution in [1.29, 1.82) is 0 Å². The Kier molecular flexibility index (Phi) is 6.60. The van der Waals surface area contributed by atoms with Gasteiger partial charge in [0.1, 0.15) is 0 Å². The van der Waals surface area contributed by atoms with Crippen LogP contribution in [0.5, 0.6) is 11.5 Å². The standard InChI is InChI=1S/C20H23NO5/c1-13(14-8-6-5-7-9-14)10-19(22)21-16-12-18(25-3)17(24-2)11-15(16)20(23)26-4/h5-9,11-13H,10H2,1-4H3,(H,21,22)/t13-/m1/s1.